The van der Waals surface area contributed by atoms with Gasteiger partial charge in [0.1, 0.15) is 18.4 Å². The first kappa shape index (κ1) is 21.6. The fourth-order valence-corrected chi connectivity index (χ4v) is 6.32. The van der Waals surface area contributed by atoms with Crippen LogP contribution in [0.25, 0.3) is 0 Å². The number of carbonyl (C=O) groups is 1. The fourth-order valence-electron chi connectivity index (χ4n) is 3.21. The molecule has 1 aliphatic rings. The van der Waals surface area contributed by atoms with Gasteiger partial charge in [-0.2, -0.15) is 16.1 Å². The molecule has 2 heterocycles. The number of nitrogens with zero attached hydrogens (tertiary/aromatic N) is 2. The Hall–Kier alpha value is -2.14. The summed E-state index contributed by atoms with van der Waals surface area (Å²) in [7, 11) is -3.94. The summed E-state index contributed by atoms with van der Waals surface area (Å²) >= 11 is 1.49. The van der Waals surface area contributed by atoms with Crippen LogP contribution >= 0.6 is 11.8 Å². The highest BCUT2D eigenvalue weighted by molar-refractivity contribution is 8.00. The van der Waals surface area contributed by atoms with E-state index in [2.05, 4.69) is 4.98 Å². The van der Waals surface area contributed by atoms with Gasteiger partial charge in [-0.15, -0.1) is 0 Å². The highest BCUT2D eigenvalue weighted by Gasteiger charge is 2.48. The standard InChI is InChI=1S/C19H23N3O5S2/c1-19(2)17(18(23)21-24)22(11-12-28-19)29(25,26)16-5-3-15(4-6-16)27-13-14-7-9-20-10-8-14/h3-10,17,24H,11-13H2,1-2H3,(H,21,23)/t17-/m0/s1. The van der Waals surface area contributed by atoms with Crippen molar-refractivity contribution in [1.29, 1.82) is 0 Å². The predicted molar refractivity (Wildman–Crippen MR) is 109 cm³/mol. The van der Waals surface area contributed by atoms with Crippen LogP contribution in [0.4, 0.5) is 0 Å². The second-order valence-corrected chi connectivity index (χ2v) is 10.7. The Labute approximate surface area is 174 Å². The van der Waals surface area contributed by atoms with Crippen molar-refractivity contribution >= 4 is 27.7 Å². The molecule has 2 aromatic rings. The number of amides is 1. The monoisotopic (exact) mass is 437 g/mol. The van der Waals surface area contributed by atoms with Crippen LogP contribution in [0.1, 0.15) is 19.4 Å². The molecular formula is C19H23N3O5S2. The highest BCUT2D eigenvalue weighted by atomic mass is 32.2. The molecule has 0 spiro atoms. The summed E-state index contributed by atoms with van der Waals surface area (Å²) < 4.78 is 32.6. The van der Waals surface area contributed by atoms with Crippen molar-refractivity contribution in [2.75, 3.05) is 12.3 Å². The van der Waals surface area contributed by atoms with Crippen molar-refractivity contribution in [3.63, 3.8) is 0 Å². The Balaban J connectivity index is 1.80. The molecule has 1 saturated heterocycles. The van der Waals surface area contributed by atoms with Gasteiger partial charge in [0.25, 0.3) is 5.91 Å². The Morgan fingerprint density at radius 1 is 1.28 bits per heavy atom. The largest absolute Gasteiger partial charge is 0.489 e. The maximum Gasteiger partial charge on any atom is 0.263 e. The normalized spacial score (nSPS) is 19.5. The van der Waals surface area contributed by atoms with Crippen molar-refractivity contribution in [1.82, 2.24) is 14.8 Å². The van der Waals surface area contributed by atoms with Gasteiger partial charge in [0.15, 0.2) is 0 Å². The quantitative estimate of drug-likeness (QED) is 0.526. The lowest BCUT2D eigenvalue weighted by Crippen LogP contribution is -2.61. The van der Waals surface area contributed by atoms with Gasteiger partial charge in [-0.25, -0.2) is 13.9 Å². The maximum atomic E-state index is 13.2. The molecule has 8 nitrogen and oxygen atoms in total. The number of hydroxylamine groups is 1. The summed E-state index contributed by atoms with van der Waals surface area (Å²) in [6, 6.07) is 8.72. The summed E-state index contributed by atoms with van der Waals surface area (Å²) in [5.41, 5.74) is 2.55. The van der Waals surface area contributed by atoms with Gasteiger partial charge in [-0.3, -0.25) is 15.0 Å². The van der Waals surface area contributed by atoms with Crippen LogP contribution in [0.5, 0.6) is 5.75 Å². The second-order valence-electron chi connectivity index (χ2n) is 7.06. The number of carbonyl (C=O) groups excluding carboxylic acids is 1. The van der Waals surface area contributed by atoms with E-state index in [0.717, 1.165) is 9.87 Å². The predicted octanol–water partition coefficient (Wildman–Crippen LogP) is 2.05. The minimum Gasteiger partial charge on any atom is -0.489 e. The first-order valence-corrected chi connectivity index (χ1v) is 11.4. The van der Waals surface area contributed by atoms with E-state index < -0.39 is 26.7 Å². The Bertz CT molecular complexity index is 950. The van der Waals surface area contributed by atoms with Crippen molar-refractivity contribution in [3.05, 3.63) is 54.4 Å². The third kappa shape index (κ3) is 4.72. The third-order valence-corrected chi connectivity index (χ3v) is 7.91. The van der Waals surface area contributed by atoms with E-state index in [9.17, 15) is 13.2 Å². The van der Waals surface area contributed by atoms with Crippen molar-refractivity contribution < 1.29 is 23.2 Å². The second kappa shape index (κ2) is 8.70. The number of pyridine rings is 1. The number of rotatable bonds is 6. The molecule has 3 rings (SSSR count). The molecule has 2 N–H and O–H groups in total. The zero-order valence-corrected chi connectivity index (χ0v) is 17.7. The van der Waals surface area contributed by atoms with Crippen LogP contribution in [0, 0.1) is 0 Å². The molecule has 0 aliphatic carbocycles. The first-order chi connectivity index (χ1) is 13.8. The number of hydrogen-bond acceptors (Lipinski definition) is 7. The highest BCUT2D eigenvalue weighted by Crippen LogP contribution is 2.38. The smallest absolute Gasteiger partial charge is 0.263 e. The van der Waals surface area contributed by atoms with E-state index in [0.29, 0.717) is 18.1 Å². The fraction of sp³-hybridized carbons (Fsp3) is 0.368. The van der Waals surface area contributed by atoms with Crippen LogP contribution in [0.2, 0.25) is 0 Å². The number of benzene rings is 1. The van der Waals surface area contributed by atoms with E-state index in [1.807, 2.05) is 12.1 Å². The molecule has 1 fully saturated rings. The minimum atomic E-state index is -3.94. The number of aromatic nitrogens is 1. The van der Waals surface area contributed by atoms with Crippen molar-refractivity contribution in [3.8, 4) is 5.75 Å². The number of hydrogen-bond donors (Lipinski definition) is 2. The van der Waals surface area contributed by atoms with Crippen molar-refractivity contribution in [2.45, 2.75) is 36.1 Å². The average molecular weight is 438 g/mol. The molecule has 156 valence electrons. The zero-order chi connectivity index (χ0) is 21.1. The van der Waals surface area contributed by atoms with Crippen LogP contribution < -0.4 is 10.2 Å². The zero-order valence-electron chi connectivity index (χ0n) is 16.1. The summed E-state index contributed by atoms with van der Waals surface area (Å²) in [5, 5.41) is 9.11. The molecule has 29 heavy (non-hydrogen) atoms. The number of ether oxygens (including phenoxy) is 1. The number of nitrogens with one attached hydrogen (secondary N) is 1. The lowest BCUT2D eigenvalue weighted by Gasteiger charge is -2.43. The van der Waals surface area contributed by atoms with Crippen molar-refractivity contribution in [2.24, 2.45) is 0 Å². The van der Waals surface area contributed by atoms with E-state index in [1.165, 1.54) is 23.9 Å². The Kier molecular flexibility index (Phi) is 6.47. The van der Waals surface area contributed by atoms with Gasteiger partial charge in [0.2, 0.25) is 10.0 Å². The van der Waals surface area contributed by atoms with E-state index in [-0.39, 0.29) is 11.4 Å². The van der Waals surface area contributed by atoms with Gasteiger partial charge in [-0.05, 0) is 55.8 Å². The molecule has 1 aromatic heterocycles. The van der Waals surface area contributed by atoms with Gasteiger partial charge in [0.05, 0.1) is 4.90 Å². The SMILES string of the molecule is CC1(C)SCCN(S(=O)(=O)c2ccc(OCc3ccncc3)cc2)[C@H]1C(=O)NO. The topological polar surface area (TPSA) is 109 Å². The van der Waals surface area contributed by atoms with Crippen LogP contribution in [-0.4, -0.2) is 51.9 Å². The molecule has 0 radical (unpaired) electrons. The van der Waals surface area contributed by atoms with E-state index >= 15 is 0 Å². The lowest BCUT2D eigenvalue weighted by atomic mass is 10.0. The average Bonchev–Trinajstić information content (AvgIpc) is 2.72. The van der Waals surface area contributed by atoms with Crippen LogP contribution in [-0.2, 0) is 21.4 Å². The molecule has 1 atom stereocenters. The van der Waals surface area contributed by atoms with Gasteiger partial charge >= 0.3 is 0 Å². The molecule has 1 aromatic carbocycles. The maximum absolute atomic E-state index is 13.2. The third-order valence-electron chi connectivity index (χ3n) is 4.68. The summed E-state index contributed by atoms with van der Waals surface area (Å²) in [5.74, 6) is 0.331. The molecule has 0 saturated carbocycles. The molecule has 0 unspecified atom stereocenters. The summed E-state index contributed by atoms with van der Waals surface area (Å²) in [6.45, 7) is 4.09. The van der Waals surface area contributed by atoms with E-state index in [1.54, 1.807) is 43.9 Å². The Morgan fingerprint density at radius 3 is 2.55 bits per heavy atom. The van der Waals surface area contributed by atoms with Crippen LogP contribution in [0.3, 0.4) is 0 Å². The first-order valence-electron chi connectivity index (χ1n) is 8.97. The van der Waals surface area contributed by atoms with Gasteiger partial charge < -0.3 is 4.74 Å². The van der Waals surface area contributed by atoms with Crippen LogP contribution in [0.15, 0.2) is 53.7 Å². The lowest BCUT2D eigenvalue weighted by molar-refractivity contribution is -0.134. The van der Waals surface area contributed by atoms with Gasteiger partial charge in [0, 0.05) is 29.4 Å². The number of thioether (sulfide) groups is 1. The Morgan fingerprint density at radius 2 is 1.93 bits per heavy atom. The minimum absolute atomic E-state index is 0.0622. The van der Waals surface area contributed by atoms with Gasteiger partial charge in [-0.1, -0.05) is 0 Å². The van der Waals surface area contributed by atoms with E-state index in [4.69, 9.17) is 9.94 Å². The summed E-state index contributed by atoms with van der Waals surface area (Å²) in [6.07, 6.45) is 3.34. The molecule has 0 bridgehead atoms. The molecule has 1 amide bonds. The molecule has 1 aliphatic heterocycles. The molecular weight excluding hydrogens is 414 g/mol. The summed E-state index contributed by atoms with van der Waals surface area (Å²) in [4.78, 5) is 16.2. The molecule has 10 heteroatoms. The number of sulfonamides is 1.